The van der Waals surface area contributed by atoms with E-state index in [1.165, 1.54) is 0 Å². The average molecular weight is 307 g/mol. The zero-order valence-electron chi connectivity index (χ0n) is 13.9. The van der Waals surface area contributed by atoms with E-state index in [0.717, 1.165) is 11.3 Å². The Hall–Kier alpha value is -2.11. The van der Waals surface area contributed by atoms with Crippen molar-refractivity contribution in [2.75, 3.05) is 0 Å². The first-order chi connectivity index (χ1) is 10.2. The van der Waals surface area contributed by atoms with Gasteiger partial charge in [0, 0.05) is 5.69 Å². The van der Waals surface area contributed by atoms with Crippen molar-refractivity contribution >= 4 is 11.8 Å². The highest BCUT2D eigenvalue weighted by atomic mass is 16.2. The molecule has 2 amide bonds. The van der Waals surface area contributed by atoms with Crippen LogP contribution in [0, 0.1) is 12.8 Å². The molecule has 0 saturated heterocycles. The van der Waals surface area contributed by atoms with Crippen LogP contribution in [0.5, 0.6) is 0 Å². The molecule has 0 aromatic carbocycles. The molecular weight excluding hydrogens is 282 g/mol. The highest BCUT2D eigenvalue weighted by Crippen LogP contribution is 2.21. The molecule has 1 atom stereocenters. The number of primary amides is 1. The highest BCUT2D eigenvalue weighted by molar-refractivity contribution is 5.98. The zero-order chi connectivity index (χ0) is 17.1. The van der Waals surface area contributed by atoms with Gasteiger partial charge in [-0.05, 0) is 37.3 Å². The predicted octanol–water partition coefficient (Wildman–Crippen LogP) is 1.27. The number of aromatic nitrogens is 1. The fraction of sp³-hybridized carbons (Fsp3) is 0.562. The largest absolute Gasteiger partial charge is 0.368 e. The van der Waals surface area contributed by atoms with Crippen molar-refractivity contribution in [3.63, 3.8) is 0 Å². The molecule has 1 rings (SSSR count). The summed E-state index contributed by atoms with van der Waals surface area (Å²) in [5.74, 6) is -1.37. The Balaban J connectivity index is 3.24. The van der Waals surface area contributed by atoms with Gasteiger partial charge in [-0.25, -0.2) is 0 Å². The van der Waals surface area contributed by atoms with Crippen molar-refractivity contribution in [1.82, 2.24) is 10.3 Å². The van der Waals surface area contributed by atoms with Crippen LogP contribution in [0.1, 0.15) is 55.7 Å². The second-order valence-corrected chi connectivity index (χ2v) is 5.83. The third-order valence-corrected chi connectivity index (χ3v) is 4.26. The number of pyridine rings is 1. The number of hydrogen-bond donors (Lipinski definition) is 3. The predicted molar refractivity (Wildman–Crippen MR) is 85.7 cm³/mol. The highest BCUT2D eigenvalue weighted by Gasteiger charge is 2.40. The summed E-state index contributed by atoms with van der Waals surface area (Å²) >= 11 is 0. The van der Waals surface area contributed by atoms with Gasteiger partial charge in [-0.3, -0.25) is 14.4 Å². The SMILES string of the molecule is CCc1[nH]c(=O)c(C(=O)NC(CC)(C(N)=O)C(C)C)cc1C. The minimum Gasteiger partial charge on any atom is -0.368 e. The van der Waals surface area contributed by atoms with E-state index in [9.17, 15) is 14.4 Å². The summed E-state index contributed by atoms with van der Waals surface area (Å²) in [6.45, 7) is 9.15. The van der Waals surface area contributed by atoms with E-state index in [2.05, 4.69) is 10.3 Å². The minimum atomic E-state index is -1.17. The molecule has 6 heteroatoms. The molecule has 1 aromatic rings. The number of hydrogen-bond acceptors (Lipinski definition) is 3. The first-order valence-corrected chi connectivity index (χ1v) is 7.54. The molecule has 6 nitrogen and oxygen atoms in total. The van der Waals surface area contributed by atoms with E-state index in [1.54, 1.807) is 13.0 Å². The van der Waals surface area contributed by atoms with E-state index in [-0.39, 0.29) is 11.5 Å². The van der Waals surface area contributed by atoms with E-state index in [1.807, 2.05) is 27.7 Å². The Labute approximate surface area is 130 Å². The fourth-order valence-corrected chi connectivity index (χ4v) is 2.64. The molecule has 0 aliphatic heterocycles. The first kappa shape index (κ1) is 17.9. The maximum atomic E-state index is 12.5. The minimum absolute atomic E-state index is 0.00516. The van der Waals surface area contributed by atoms with Gasteiger partial charge in [0.05, 0.1) is 0 Å². The number of amides is 2. The summed E-state index contributed by atoms with van der Waals surface area (Å²) in [6, 6.07) is 1.55. The monoisotopic (exact) mass is 307 g/mol. The first-order valence-electron chi connectivity index (χ1n) is 7.54. The van der Waals surface area contributed by atoms with Crippen molar-refractivity contribution in [3.8, 4) is 0 Å². The molecule has 22 heavy (non-hydrogen) atoms. The lowest BCUT2D eigenvalue weighted by atomic mass is 9.82. The Kier molecular flexibility index (Phi) is 5.52. The maximum Gasteiger partial charge on any atom is 0.261 e. The summed E-state index contributed by atoms with van der Waals surface area (Å²) < 4.78 is 0. The van der Waals surface area contributed by atoms with Crippen LogP contribution in [0.25, 0.3) is 0 Å². The van der Waals surface area contributed by atoms with Gasteiger partial charge in [0.25, 0.3) is 11.5 Å². The third kappa shape index (κ3) is 3.21. The summed E-state index contributed by atoms with van der Waals surface area (Å²) in [5.41, 5.74) is 5.48. The van der Waals surface area contributed by atoms with Crippen molar-refractivity contribution in [3.05, 3.63) is 33.2 Å². The van der Waals surface area contributed by atoms with Crippen LogP contribution in [0.3, 0.4) is 0 Å². The van der Waals surface area contributed by atoms with Gasteiger partial charge in [0.1, 0.15) is 11.1 Å². The van der Waals surface area contributed by atoms with Gasteiger partial charge >= 0.3 is 0 Å². The van der Waals surface area contributed by atoms with Crippen molar-refractivity contribution < 1.29 is 9.59 Å². The summed E-state index contributed by atoms with van der Waals surface area (Å²) in [4.78, 5) is 39.1. The fourth-order valence-electron chi connectivity index (χ4n) is 2.64. The van der Waals surface area contributed by atoms with Gasteiger partial charge in [-0.1, -0.05) is 27.7 Å². The van der Waals surface area contributed by atoms with Gasteiger partial charge < -0.3 is 16.0 Å². The smallest absolute Gasteiger partial charge is 0.261 e. The third-order valence-electron chi connectivity index (χ3n) is 4.26. The summed E-state index contributed by atoms with van der Waals surface area (Å²) in [6.07, 6.45) is 1.03. The van der Waals surface area contributed by atoms with Crippen molar-refractivity contribution in [2.24, 2.45) is 11.7 Å². The van der Waals surface area contributed by atoms with Crippen LogP contribution in [0.4, 0.5) is 0 Å². The lowest BCUT2D eigenvalue weighted by Crippen LogP contribution is -2.60. The standard InChI is InChI=1S/C16H25N3O3/c1-6-12-10(5)8-11(13(20)18-12)14(21)19-16(7-2,9(3)4)15(17)22/h8-9H,6-7H2,1-5H3,(H2,17,22)(H,18,20)(H,19,21). The molecule has 122 valence electrons. The number of aryl methyl sites for hydroxylation is 2. The number of H-pyrrole nitrogens is 1. The molecule has 0 aliphatic carbocycles. The zero-order valence-corrected chi connectivity index (χ0v) is 13.9. The summed E-state index contributed by atoms with van der Waals surface area (Å²) in [7, 11) is 0. The molecule has 1 heterocycles. The molecule has 0 radical (unpaired) electrons. The molecular formula is C16H25N3O3. The number of aromatic amines is 1. The molecule has 1 aromatic heterocycles. The number of rotatable bonds is 6. The molecule has 0 saturated carbocycles. The van der Waals surface area contributed by atoms with E-state index < -0.39 is 22.9 Å². The van der Waals surface area contributed by atoms with E-state index >= 15 is 0 Å². The average Bonchev–Trinajstić information content (AvgIpc) is 2.45. The van der Waals surface area contributed by atoms with Gasteiger partial charge in [0.15, 0.2) is 0 Å². The molecule has 0 aliphatic rings. The van der Waals surface area contributed by atoms with Gasteiger partial charge in [0.2, 0.25) is 5.91 Å². The van der Waals surface area contributed by atoms with Crippen molar-refractivity contribution in [2.45, 2.75) is 53.0 Å². The van der Waals surface area contributed by atoms with Crippen LogP contribution in [-0.2, 0) is 11.2 Å². The van der Waals surface area contributed by atoms with Crippen LogP contribution < -0.4 is 16.6 Å². The Morgan fingerprint density at radius 3 is 2.36 bits per heavy atom. The number of carbonyl (C=O) groups excluding carboxylic acids is 2. The molecule has 0 spiro atoms. The van der Waals surface area contributed by atoms with E-state index in [4.69, 9.17) is 5.73 Å². The van der Waals surface area contributed by atoms with Crippen molar-refractivity contribution in [1.29, 1.82) is 0 Å². The van der Waals surface area contributed by atoms with Crippen LogP contribution >= 0.6 is 0 Å². The quantitative estimate of drug-likeness (QED) is 0.737. The Morgan fingerprint density at radius 1 is 1.36 bits per heavy atom. The lowest BCUT2D eigenvalue weighted by molar-refractivity contribution is -0.126. The van der Waals surface area contributed by atoms with Crippen LogP contribution in [-0.4, -0.2) is 22.3 Å². The molecule has 4 N–H and O–H groups in total. The molecule has 0 bridgehead atoms. The van der Waals surface area contributed by atoms with Crippen LogP contribution in [0.15, 0.2) is 10.9 Å². The second-order valence-electron chi connectivity index (χ2n) is 5.83. The van der Waals surface area contributed by atoms with Gasteiger partial charge in [-0.2, -0.15) is 0 Å². The van der Waals surface area contributed by atoms with E-state index in [0.29, 0.717) is 12.8 Å². The second kappa shape index (κ2) is 6.77. The maximum absolute atomic E-state index is 12.5. The number of nitrogens with one attached hydrogen (secondary N) is 2. The topological polar surface area (TPSA) is 105 Å². The normalized spacial score (nSPS) is 13.7. The Morgan fingerprint density at radius 2 is 1.95 bits per heavy atom. The molecule has 0 fully saturated rings. The van der Waals surface area contributed by atoms with Crippen LogP contribution in [0.2, 0.25) is 0 Å². The molecule has 1 unspecified atom stereocenters. The lowest BCUT2D eigenvalue weighted by Gasteiger charge is -2.34. The Bertz CT molecular complexity index is 634. The number of carbonyl (C=O) groups is 2. The number of nitrogens with two attached hydrogens (primary N) is 1. The van der Waals surface area contributed by atoms with Gasteiger partial charge in [-0.15, -0.1) is 0 Å². The summed E-state index contributed by atoms with van der Waals surface area (Å²) in [5, 5.41) is 2.67.